The van der Waals surface area contributed by atoms with E-state index in [9.17, 15) is 5.11 Å². The standard InChI is InChI=1S/C19H40OSi2/c1-9-17(8)18(20)16-19(21(10-2,11-3)12-4)22(13-5,14-6)15-7/h9,16-18,20H,1,10-15H2,2-8H3/t17-,18-/m0/s1. The fourth-order valence-corrected chi connectivity index (χ4v) is 18.0. The molecule has 0 amide bonds. The summed E-state index contributed by atoms with van der Waals surface area (Å²) in [5.41, 5.74) is 0. The first-order valence-corrected chi connectivity index (χ1v) is 14.6. The summed E-state index contributed by atoms with van der Waals surface area (Å²) in [4.78, 5) is 1.78. The molecule has 0 radical (unpaired) electrons. The van der Waals surface area contributed by atoms with Gasteiger partial charge in [-0.15, -0.1) is 6.58 Å². The molecule has 22 heavy (non-hydrogen) atoms. The average Bonchev–Trinajstić information content (AvgIpc) is 2.57. The van der Waals surface area contributed by atoms with Crippen LogP contribution in [-0.2, 0) is 0 Å². The quantitative estimate of drug-likeness (QED) is 0.351. The lowest BCUT2D eigenvalue weighted by Crippen LogP contribution is -2.50. The minimum absolute atomic E-state index is 0.143. The Kier molecular flexibility index (Phi) is 9.83. The highest BCUT2D eigenvalue weighted by atomic mass is 28.4. The Labute approximate surface area is 141 Å². The van der Waals surface area contributed by atoms with E-state index in [4.69, 9.17) is 0 Å². The molecule has 2 atom stereocenters. The van der Waals surface area contributed by atoms with Gasteiger partial charge in [0.25, 0.3) is 0 Å². The van der Waals surface area contributed by atoms with E-state index in [0.29, 0.717) is 0 Å². The smallest absolute Gasteiger partial charge is 0.0776 e. The van der Waals surface area contributed by atoms with Crippen molar-refractivity contribution in [2.45, 2.75) is 90.8 Å². The number of aliphatic hydroxyl groups is 1. The van der Waals surface area contributed by atoms with Gasteiger partial charge in [-0.25, -0.2) is 0 Å². The van der Waals surface area contributed by atoms with Crippen LogP contribution in [-0.4, -0.2) is 27.4 Å². The van der Waals surface area contributed by atoms with Gasteiger partial charge in [-0.1, -0.05) is 102 Å². The molecule has 3 heteroatoms. The zero-order valence-electron chi connectivity index (χ0n) is 16.2. The lowest BCUT2D eigenvalue weighted by atomic mass is 10.1. The lowest BCUT2D eigenvalue weighted by molar-refractivity contribution is 0.185. The molecule has 0 aliphatic rings. The predicted molar refractivity (Wildman–Crippen MR) is 108 cm³/mol. The summed E-state index contributed by atoms with van der Waals surface area (Å²) in [5, 5.41) is 10.7. The van der Waals surface area contributed by atoms with Crippen LogP contribution in [0.2, 0.25) is 36.3 Å². The van der Waals surface area contributed by atoms with Crippen LogP contribution >= 0.6 is 0 Å². The summed E-state index contributed by atoms with van der Waals surface area (Å²) in [5.74, 6) is 0.143. The SMILES string of the molecule is C=C[C@H](C)[C@@H](O)C=C([Si](CC)(CC)CC)[Si](CC)(CC)CC. The third-order valence-electron chi connectivity index (χ3n) is 6.45. The van der Waals surface area contributed by atoms with Gasteiger partial charge in [-0.3, -0.25) is 0 Å². The van der Waals surface area contributed by atoms with Gasteiger partial charge in [0.2, 0.25) is 0 Å². The number of rotatable bonds is 11. The van der Waals surface area contributed by atoms with E-state index in [0.717, 1.165) is 0 Å². The van der Waals surface area contributed by atoms with Gasteiger partial charge >= 0.3 is 0 Å². The van der Waals surface area contributed by atoms with Gasteiger partial charge < -0.3 is 5.11 Å². The molecular formula is C19H40OSi2. The Morgan fingerprint density at radius 2 is 1.18 bits per heavy atom. The van der Waals surface area contributed by atoms with Gasteiger partial charge in [-0.05, 0) is 0 Å². The van der Waals surface area contributed by atoms with Crippen molar-refractivity contribution >= 4 is 16.1 Å². The molecule has 0 aliphatic heterocycles. The molecule has 0 aromatic carbocycles. The number of hydrogen-bond acceptors (Lipinski definition) is 1. The Morgan fingerprint density at radius 3 is 1.41 bits per heavy atom. The van der Waals surface area contributed by atoms with Crippen LogP contribution in [0.4, 0.5) is 0 Å². The van der Waals surface area contributed by atoms with Crippen molar-refractivity contribution in [1.82, 2.24) is 0 Å². The zero-order valence-corrected chi connectivity index (χ0v) is 18.2. The minimum Gasteiger partial charge on any atom is -0.388 e. The molecule has 0 rings (SSSR count). The van der Waals surface area contributed by atoms with Crippen molar-refractivity contribution in [2.75, 3.05) is 0 Å². The number of aliphatic hydroxyl groups excluding tert-OH is 1. The van der Waals surface area contributed by atoms with Crippen molar-refractivity contribution in [3.05, 3.63) is 23.6 Å². The molecule has 0 saturated heterocycles. The average molecular weight is 341 g/mol. The minimum atomic E-state index is -1.44. The monoisotopic (exact) mass is 340 g/mol. The van der Waals surface area contributed by atoms with Crippen LogP contribution in [0.25, 0.3) is 0 Å². The molecular weight excluding hydrogens is 300 g/mol. The topological polar surface area (TPSA) is 20.2 Å². The van der Waals surface area contributed by atoms with Gasteiger partial charge in [0.15, 0.2) is 0 Å². The van der Waals surface area contributed by atoms with Crippen LogP contribution < -0.4 is 0 Å². The fraction of sp³-hybridized carbons (Fsp3) is 0.789. The largest absolute Gasteiger partial charge is 0.388 e. The second-order valence-electron chi connectivity index (χ2n) is 6.85. The van der Waals surface area contributed by atoms with Crippen LogP contribution in [0.1, 0.15) is 48.5 Å². The Hall–Kier alpha value is -0.126. The summed E-state index contributed by atoms with van der Waals surface area (Å²) >= 11 is 0. The van der Waals surface area contributed by atoms with Crippen molar-refractivity contribution < 1.29 is 5.11 Å². The van der Waals surface area contributed by atoms with Crippen molar-refractivity contribution in [3.63, 3.8) is 0 Å². The van der Waals surface area contributed by atoms with E-state index >= 15 is 0 Å². The Bertz CT molecular complexity index is 316. The first-order valence-electron chi connectivity index (χ1n) is 9.40. The van der Waals surface area contributed by atoms with Gasteiger partial charge in [0.05, 0.1) is 22.3 Å². The molecule has 0 saturated carbocycles. The summed E-state index contributed by atoms with van der Waals surface area (Å²) < 4.78 is 0. The maximum atomic E-state index is 10.7. The maximum Gasteiger partial charge on any atom is 0.0776 e. The highest BCUT2D eigenvalue weighted by Gasteiger charge is 2.43. The van der Waals surface area contributed by atoms with Gasteiger partial charge in [-0.2, -0.15) is 0 Å². The van der Waals surface area contributed by atoms with Crippen LogP contribution in [0.5, 0.6) is 0 Å². The Morgan fingerprint density at radius 1 is 0.864 bits per heavy atom. The third kappa shape index (κ3) is 4.45. The zero-order chi connectivity index (χ0) is 17.4. The van der Waals surface area contributed by atoms with Gasteiger partial charge in [0.1, 0.15) is 0 Å². The van der Waals surface area contributed by atoms with Crippen molar-refractivity contribution in [2.24, 2.45) is 5.92 Å². The van der Waals surface area contributed by atoms with E-state index < -0.39 is 16.1 Å². The van der Waals surface area contributed by atoms with E-state index in [-0.39, 0.29) is 12.0 Å². The van der Waals surface area contributed by atoms with Gasteiger partial charge in [0, 0.05) is 5.92 Å². The predicted octanol–water partition coefficient (Wildman–Crippen LogP) is 6.19. The molecule has 1 N–H and O–H groups in total. The maximum absolute atomic E-state index is 10.7. The second-order valence-corrected chi connectivity index (χ2v) is 17.8. The highest BCUT2D eigenvalue weighted by Crippen LogP contribution is 2.40. The molecule has 0 bridgehead atoms. The first-order chi connectivity index (χ1) is 10.4. The van der Waals surface area contributed by atoms with E-state index in [1.807, 2.05) is 6.08 Å². The number of hydrogen-bond donors (Lipinski definition) is 1. The van der Waals surface area contributed by atoms with Crippen LogP contribution in [0.15, 0.2) is 23.6 Å². The summed E-state index contributed by atoms with van der Waals surface area (Å²) in [6, 6.07) is 7.89. The Balaban J connectivity index is 6.19. The summed E-state index contributed by atoms with van der Waals surface area (Å²) in [7, 11) is -2.88. The molecule has 0 fully saturated rings. The van der Waals surface area contributed by atoms with Crippen LogP contribution in [0, 0.1) is 5.92 Å². The molecule has 1 nitrogen and oxygen atoms in total. The molecule has 0 heterocycles. The molecule has 0 spiro atoms. The normalized spacial score (nSPS) is 15.3. The molecule has 0 aromatic rings. The summed E-state index contributed by atoms with van der Waals surface area (Å²) in [6.45, 7) is 20.3. The second kappa shape index (κ2) is 9.89. The fourth-order valence-electron chi connectivity index (χ4n) is 4.02. The molecule has 130 valence electrons. The third-order valence-corrected chi connectivity index (χ3v) is 20.4. The van der Waals surface area contributed by atoms with Crippen molar-refractivity contribution in [3.8, 4) is 0 Å². The summed E-state index contributed by atoms with van der Waals surface area (Å²) in [6.07, 6.45) is 3.84. The van der Waals surface area contributed by atoms with E-state index in [2.05, 4.69) is 61.1 Å². The molecule has 0 unspecified atom stereocenters. The van der Waals surface area contributed by atoms with E-state index in [1.54, 1.807) is 4.82 Å². The van der Waals surface area contributed by atoms with Crippen LogP contribution in [0.3, 0.4) is 0 Å². The van der Waals surface area contributed by atoms with Crippen molar-refractivity contribution in [1.29, 1.82) is 0 Å². The molecule has 0 aromatic heterocycles. The van der Waals surface area contributed by atoms with E-state index in [1.165, 1.54) is 36.3 Å². The lowest BCUT2D eigenvalue weighted by Gasteiger charge is -2.43. The highest BCUT2D eigenvalue weighted by molar-refractivity contribution is 7.07. The molecule has 0 aliphatic carbocycles. The first kappa shape index (κ1) is 21.9.